The zero-order valence-corrected chi connectivity index (χ0v) is 17.2. The normalized spacial score (nSPS) is 16.0. The van der Waals surface area contributed by atoms with E-state index >= 15 is 0 Å². The van der Waals surface area contributed by atoms with Crippen LogP contribution in [0.4, 0.5) is 0 Å². The number of unbranched alkanes of at least 4 members (excludes halogenated alkanes) is 3. The zero-order chi connectivity index (χ0) is 14.8. The second-order valence-corrected chi connectivity index (χ2v) is 18.3. The fourth-order valence-electron chi connectivity index (χ4n) is 3.29. The van der Waals surface area contributed by atoms with Gasteiger partial charge < -0.3 is 0 Å². The van der Waals surface area contributed by atoms with E-state index in [1.165, 1.54) is 76.9 Å². The van der Waals surface area contributed by atoms with Crippen molar-refractivity contribution in [1.29, 1.82) is 0 Å². The van der Waals surface area contributed by atoms with E-state index in [0.717, 1.165) is 0 Å². The zero-order valence-electron chi connectivity index (χ0n) is 14.4. The van der Waals surface area contributed by atoms with Gasteiger partial charge in [0.1, 0.15) is 0 Å². The van der Waals surface area contributed by atoms with E-state index in [4.69, 9.17) is 3.07 Å². The number of allylic oxidation sites excluding steroid dienone is 2. The molecule has 0 heterocycles. The van der Waals surface area contributed by atoms with Crippen LogP contribution in [0.1, 0.15) is 85.5 Å². The van der Waals surface area contributed by atoms with Gasteiger partial charge >= 0.3 is 132 Å². The van der Waals surface area contributed by atoms with Gasteiger partial charge in [0.2, 0.25) is 0 Å². The molecular weight excluding hydrogens is 351 g/mol. The molecule has 1 aliphatic carbocycles. The molecule has 0 bridgehead atoms. The molecule has 0 saturated carbocycles. The molecule has 1 rings (SSSR count). The maximum atomic E-state index is 6.91. The fraction of sp³-hybridized carbons (Fsp3) is 0.889. The van der Waals surface area contributed by atoms with Crippen molar-refractivity contribution in [3.8, 4) is 0 Å². The quantitative estimate of drug-likeness (QED) is 0.354. The first-order chi connectivity index (χ1) is 9.67. The van der Waals surface area contributed by atoms with Crippen molar-refractivity contribution >= 4 is 18.8 Å². The van der Waals surface area contributed by atoms with Crippen molar-refractivity contribution in [2.24, 2.45) is 0 Å². The molecule has 0 aromatic carbocycles. The molecule has 0 fully saturated rings. The van der Waals surface area contributed by atoms with Crippen LogP contribution in [0, 0.1) is 0 Å². The van der Waals surface area contributed by atoms with Crippen LogP contribution >= 0.6 is 0 Å². The summed E-state index contributed by atoms with van der Waals surface area (Å²) in [7, 11) is 0. The van der Waals surface area contributed by atoms with Crippen LogP contribution in [0.15, 0.2) is 11.3 Å². The molecule has 0 aromatic rings. The minimum absolute atomic E-state index is 1.23. The first kappa shape index (κ1) is 18.4. The third kappa shape index (κ3) is 5.99. The summed E-state index contributed by atoms with van der Waals surface area (Å²) in [5.41, 5.74) is 1.57. The SMILES string of the molecule is CCC[CH2][Sn]([CH2]CCC)([CH2]CCC)[O]C1=C(C)CCC1. The molecule has 0 aliphatic heterocycles. The molecule has 2 heteroatoms. The predicted molar refractivity (Wildman–Crippen MR) is 92.5 cm³/mol. The Kier molecular flexibility index (Phi) is 9.31. The van der Waals surface area contributed by atoms with Gasteiger partial charge in [0.25, 0.3) is 0 Å². The topological polar surface area (TPSA) is 9.23 Å². The summed E-state index contributed by atoms with van der Waals surface area (Å²) in [6.45, 7) is 9.29. The summed E-state index contributed by atoms with van der Waals surface area (Å²) < 4.78 is 11.3. The first-order valence-corrected chi connectivity index (χ1v) is 16.3. The average Bonchev–Trinajstić information content (AvgIpc) is 2.85. The Morgan fingerprint density at radius 3 is 1.70 bits per heavy atom. The summed E-state index contributed by atoms with van der Waals surface area (Å²) in [5, 5.41) is 0. The second-order valence-electron chi connectivity index (χ2n) is 6.65. The summed E-state index contributed by atoms with van der Waals surface area (Å²) in [5.74, 6) is 1.43. The number of rotatable bonds is 11. The van der Waals surface area contributed by atoms with E-state index < -0.39 is 18.8 Å². The van der Waals surface area contributed by atoms with Crippen LogP contribution in [0.5, 0.6) is 0 Å². The van der Waals surface area contributed by atoms with Crippen molar-refractivity contribution in [2.75, 3.05) is 0 Å². The van der Waals surface area contributed by atoms with Gasteiger partial charge in [0.15, 0.2) is 0 Å². The van der Waals surface area contributed by atoms with Gasteiger partial charge in [-0.2, -0.15) is 0 Å². The third-order valence-corrected chi connectivity index (χ3v) is 17.5. The van der Waals surface area contributed by atoms with Crippen LogP contribution in [-0.4, -0.2) is 18.8 Å². The van der Waals surface area contributed by atoms with Gasteiger partial charge in [0, 0.05) is 0 Å². The fourth-order valence-corrected chi connectivity index (χ4v) is 17.1. The predicted octanol–water partition coefficient (Wildman–Crippen LogP) is 6.81. The van der Waals surface area contributed by atoms with E-state index in [1.807, 2.05) is 0 Å². The van der Waals surface area contributed by atoms with Crippen LogP contribution in [0.2, 0.25) is 13.3 Å². The Bertz CT molecular complexity index is 274. The van der Waals surface area contributed by atoms with Crippen LogP contribution in [0.3, 0.4) is 0 Å². The van der Waals surface area contributed by atoms with Gasteiger partial charge in [-0.05, 0) is 0 Å². The van der Waals surface area contributed by atoms with Crippen molar-refractivity contribution < 1.29 is 3.07 Å². The average molecular weight is 387 g/mol. The summed E-state index contributed by atoms with van der Waals surface area (Å²) in [6.07, 6.45) is 12.0. The first-order valence-electron chi connectivity index (χ1n) is 9.05. The van der Waals surface area contributed by atoms with E-state index in [-0.39, 0.29) is 0 Å². The molecule has 0 aromatic heterocycles. The summed E-state index contributed by atoms with van der Waals surface area (Å²) in [4.78, 5) is 0. The molecule has 20 heavy (non-hydrogen) atoms. The molecule has 0 spiro atoms. The van der Waals surface area contributed by atoms with Gasteiger partial charge in [-0.1, -0.05) is 0 Å². The molecule has 0 atom stereocenters. The molecule has 0 amide bonds. The molecule has 0 saturated heterocycles. The molecular formula is C18H36OSn. The van der Waals surface area contributed by atoms with Gasteiger partial charge in [-0.15, -0.1) is 0 Å². The summed E-state index contributed by atoms with van der Waals surface area (Å²) >= 11 is -2.38. The van der Waals surface area contributed by atoms with Crippen LogP contribution in [0.25, 0.3) is 0 Å². The van der Waals surface area contributed by atoms with Gasteiger partial charge in [-0.3, -0.25) is 0 Å². The Morgan fingerprint density at radius 2 is 1.35 bits per heavy atom. The van der Waals surface area contributed by atoms with Crippen molar-refractivity contribution in [3.63, 3.8) is 0 Å². The number of hydrogen-bond acceptors (Lipinski definition) is 1. The number of hydrogen-bond donors (Lipinski definition) is 0. The Hall–Kier alpha value is 0.339. The molecule has 1 aliphatic rings. The molecule has 118 valence electrons. The Balaban J connectivity index is 2.78. The molecule has 1 nitrogen and oxygen atoms in total. The second kappa shape index (κ2) is 10.1. The molecule has 0 radical (unpaired) electrons. The van der Waals surface area contributed by atoms with Crippen LogP contribution < -0.4 is 0 Å². The summed E-state index contributed by atoms with van der Waals surface area (Å²) in [6, 6.07) is 0. The molecule has 0 unspecified atom stereocenters. The van der Waals surface area contributed by atoms with Crippen molar-refractivity contribution in [3.05, 3.63) is 11.3 Å². The maximum absolute atomic E-state index is 6.91. The third-order valence-electron chi connectivity index (χ3n) is 4.73. The molecule has 0 N–H and O–H groups in total. The van der Waals surface area contributed by atoms with E-state index in [9.17, 15) is 0 Å². The van der Waals surface area contributed by atoms with Gasteiger partial charge in [0.05, 0.1) is 0 Å². The standard InChI is InChI=1S/C6H10O.3C4H9.Sn/c1-5-3-2-4-6(5)7;3*1-3-4-2;/h7H,2-4H2,1H3;3*1,3-4H2,2H3;/q;;;;+1/p-1. The van der Waals surface area contributed by atoms with Crippen LogP contribution in [-0.2, 0) is 3.07 Å². The van der Waals surface area contributed by atoms with Crippen molar-refractivity contribution in [1.82, 2.24) is 0 Å². The van der Waals surface area contributed by atoms with E-state index in [1.54, 1.807) is 5.57 Å². The van der Waals surface area contributed by atoms with E-state index in [2.05, 4.69) is 27.7 Å². The Labute approximate surface area is 132 Å². The monoisotopic (exact) mass is 388 g/mol. The minimum atomic E-state index is -2.38. The van der Waals surface area contributed by atoms with Gasteiger partial charge in [-0.25, -0.2) is 0 Å². The van der Waals surface area contributed by atoms with Crippen molar-refractivity contribution in [2.45, 2.75) is 98.8 Å². The van der Waals surface area contributed by atoms with E-state index in [0.29, 0.717) is 0 Å². The Morgan fingerprint density at radius 1 is 0.850 bits per heavy atom.